The van der Waals surface area contributed by atoms with Crippen molar-refractivity contribution in [3.05, 3.63) is 43.8 Å². The largest absolute Gasteiger partial charge is 0.319 e. The molecule has 0 aliphatic rings. The van der Waals surface area contributed by atoms with E-state index in [1.165, 1.54) is 12.1 Å². The van der Waals surface area contributed by atoms with Crippen LogP contribution in [0.5, 0.6) is 0 Å². The second-order valence-electron chi connectivity index (χ2n) is 2.83. The number of benzene rings is 1. The zero-order valence-electron chi connectivity index (χ0n) is 7.23. The number of nitrogens with zero attached hydrogens (tertiary/aromatic N) is 2. The van der Waals surface area contributed by atoms with Crippen molar-refractivity contribution in [1.82, 2.24) is 9.97 Å². The number of H-pyrrole nitrogens is 1. The number of nitro groups is 1. The molecule has 0 spiro atoms. The maximum Gasteiger partial charge on any atom is 0.290 e. The lowest BCUT2D eigenvalue weighted by Gasteiger charge is -1.98. The number of aromatic nitrogens is 2. The molecule has 0 aliphatic heterocycles. The molecule has 1 heterocycles. The van der Waals surface area contributed by atoms with Crippen molar-refractivity contribution >= 4 is 28.3 Å². The first kappa shape index (κ1) is 9.60. The maximum atomic E-state index is 10.9. The van der Waals surface area contributed by atoms with Crippen LogP contribution in [0.1, 0.15) is 0 Å². The van der Waals surface area contributed by atoms with Gasteiger partial charge >= 0.3 is 0 Å². The maximum absolute atomic E-state index is 10.9. The minimum atomic E-state index is -0.618. The van der Waals surface area contributed by atoms with Crippen molar-refractivity contribution in [3.8, 4) is 0 Å². The molecule has 76 valence electrons. The molecule has 2 rings (SSSR count). The molecule has 2 aromatic rings. The quantitative estimate of drug-likeness (QED) is 0.588. The fourth-order valence-corrected chi connectivity index (χ4v) is 1.42. The second kappa shape index (κ2) is 3.32. The number of aromatic amines is 1. The Hall–Kier alpha value is -1.95. The van der Waals surface area contributed by atoms with E-state index in [4.69, 9.17) is 11.6 Å². The highest BCUT2D eigenvalue weighted by molar-refractivity contribution is 6.33. The van der Waals surface area contributed by atoms with Crippen LogP contribution in [0.25, 0.3) is 11.0 Å². The van der Waals surface area contributed by atoms with E-state index in [0.717, 1.165) is 6.20 Å². The van der Waals surface area contributed by atoms with Gasteiger partial charge in [-0.1, -0.05) is 11.6 Å². The molecule has 6 nitrogen and oxygen atoms in total. The molecule has 1 N–H and O–H groups in total. The number of nitrogens with one attached hydrogen (secondary N) is 1. The van der Waals surface area contributed by atoms with E-state index in [1.807, 2.05) is 0 Å². The number of rotatable bonds is 1. The SMILES string of the molecule is O=c1cnc2cc(Cl)c([N+](=O)[O-])cc2[nH]1. The summed E-state index contributed by atoms with van der Waals surface area (Å²) in [6.45, 7) is 0. The van der Waals surface area contributed by atoms with Crippen molar-refractivity contribution in [1.29, 1.82) is 0 Å². The summed E-state index contributed by atoms with van der Waals surface area (Å²) in [6.07, 6.45) is 1.09. The van der Waals surface area contributed by atoms with Crippen LogP contribution in [0.3, 0.4) is 0 Å². The van der Waals surface area contributed by atoms with Crippen LogP contribution in [-0.4, -0.2) is 14.9 Å². The summed E-state index contributed by atoms with van der Waals surface area (Å²) in [5.74, 6) is 0. The molecule has 0 saturated carbocycles. The predicted molar refractivity (Wildman–Crippen MR) is 54.0 cm³/mol. The highest BCUT2D eigenvalue weighted by atomic mass is 35.5. The molecule has 1 aromatic heterocycles. The van der Waals surface area contributed by atoms with Crippen molar-refractivity contribution < 1.29 is 4.92 Å². The Kier molecular flexibility index (Phi) is 2.12. The third-order valence-electron chi connectivity index (χ3n) is 1.84. The van der Waals surface area contributed by atoms with Gasteiger partial charge in [0.15, 0.2) is 0 Å². The van der Waals surface area contributed by atoms with Crippen molar-refractivity contribution in [3.63, 3.8) is 0 Å². The Labute approximate surface area is 87.7 Å². The zero-order valence-corrected chi connectivity index (χ0v) is 7.99. The average Bonchev–Trinajstić information content (AvgIpc) is 2.17. The molecule has 0 atom stereocenters. The minimum absolute atomic E-state index is 0.00736. The first-order valence-electron chi connectivity index (χ1n) is 3.91. The van der Waals surface area contributed by atoms with Crippen molar-refractivity contribution in [2.24, 2.45) is 0 Å². The van der Waals surface area contributed by atoms with Gasteiger partial charge in [0, 0.05) is 6.07 Å². The number of hydrogen-bond acceptors (Lipinski definition) is 4. The van der Waals surface area contributed by atoms with Crippen LogP contribution in [0.15, 0.2) is 23.1 Å². The highest BCUT2D eigenvalue weighted by Crippen LogP contribution is 2.27. The highest BCUT2D eigenvalue weighted by Gasteiger charge is 2.13. The molecule has 0 amide bonds. The lowest BCUT2D eigenvalue weighted by molar-refractivity contribution is -0.384. The van der Waals surface area contributed by atoms with Gasteiger partial charge in [0.05, 0.1) is 22.2 Å². The summed E-state index contributed by atoms with van der Waals surface area (Å²) in [5, 5.41) is 10.6. The predicted octanol–water partition coefficient (Wildman–Crippen LogP) is 1.48. The molecule has 0 unspecified atom stereocenters. The fraction of sp³-hybridized carbons (Fsp3) is 0. The summed E-state index contributed by atoms with van der Waals surface area (Å²) in [5.41, 5.74) is 0.0238. The summed E-state index contributed by atoms with van der Waals surface area (Å²) in [4.78, 5) is 27.1. The van der Waals surface area contributed by atoms with E-state index in [-0.39, 0.29) is 10.7 Å². The van der Waals surface area contributed by atoms with E-state index >= 15 is 0 Å². The Morgan fingerprint density at radius 3 is 2.87 bits per heavy atom. The first-order chi connectivity index (χ1) is 7.08. The molecular weight excluding hydrogens is 222 g/mol. The minimum Gasteiger partial charge on any atom is -0.319 e. The van der Waals surface area contributed by atoms with E-state index in [9.17, 15) is 14.9 Å². The van der Waals surface area contributed by atoms with Crippen molar-refractivity contribution in [2.75, 3.05) is 0 Å². The normalized spacial score (nSPS) is 10.5. The lowest BCUT2D eigenvalue weighted by atomic mass is 10.2. The molecule has 1 aromatic carbocycles. The van der Waals surface area contributed by atoms with Gasteiger partial charge in [0.2, 0.25) is 0 Å². The van der Waals surface area contributed by atoms with Crippen LogP contribution in [-0.2, 0) is 0 Å². The number of hydrogen-bond donors (Lipinski definition) is 1. The number of fused-ring (bicyclic) bond motifs is 1. The van der Waals surface area contributed by atoms with Gasteiger partial charge in [0.25, 0.3) is 11.2 Å². The Morgan fingerprint density at radius 1 is 1.47 bits per heavy atom. The van der Waals surface area contributed by atoms with Gasteiger partial charge < -0.3 is 4.98 Å². The molecule has 0 radical (unpaired) electrons. The average molecular weight is 226 g/mol. The van der Waals surface area contributed by atoms with Gasteiger partial charge in [-0.25, -0.2) is 4.98 Å². The van der Waals surface area contributed by atoms with Crippen LogP contribution in [0, 0.1) is 10.1 Å². The third kappa shape index (κ3) is 1.66. The van der Waals surface area contributed by atoms with E-state index in [0.29, 0.717) is 11.0 Å². The summed E-state index contributed by atoms with van der Waals surface area (Å²) in [6, 6.07) is 2.52. The van der Waals surface area contributed by atoms with E-state index in [1.54, 1.807) is 0 Å². The van der Waals surface area contributed by atoms with E-state index in [2.05, 4.69) is 9.97 Å². The van der Waals surface area contributed by atoms with Crippen LogP contribution < -0.4 is 5.56 Å². The Bertz CT molecular complexity index is 608. The first-order valence-corrected chi connectivity index (χ1v) is 4.29. The standard InChI is InChI=1S/C8H4ClN3O3/c9-4-1-5-6(2-7(4)12(14)15)11-8(13)3-10-5/h1-3H,(H,11,13). The summed E-state index contributed by atoms with van der Waals surface area (Å²) in [7, 11) is 0. The third-order valence-corrected chi connectivity index (χ3v) is 2.14. The molecule has 0 aliphatic carbocycles. The fourth-order valence-electron chi connectivity index (χ4n) is 1.19. The van der Waals surface area contributed by atoms with Gasteiger partial charge in [-0.15, -0.1) is 0 Å². The topological polar surface area (TPSA) is 88.9 Å². The molecule has 15 heavy (non-hydrogen) atoms. The van der Waals surface area contributed by atoms with Gasteiger partial charge in [-0.3, -0.25) is 14.9 Å². The van der Waals surface area contributed by atoms with Crippen LogP contribution in [0.2, 0.25) is 5.02 Å². The monoisotopic (exact) mass is 225 g/mol. The molecular formula is C8H4ClN3O3. The van der Waals surface area contributed by atoms with Crippen molar-refractivity contribution in [2.45, 2.75) is 0 Å². The molecule has 0 bridgehead atoms. The summed E-state index contributed by atoms with van der Waals surface area (Å²) < 4.78 is 0. The van der Waals surface area contributed by atoms with Crippen LogP contribution >= 0.6 is 11.6 Å². The Balaban J connectivity index is 2.83. The van der Waals surface area contributed by atoms with Crippen LogP contribution in [0.4, 0.5) is 5.69 Å². The molecule has 0 saturated heterocycles. The Morgan fingerprint density at radius 2 is 2.20 bits per heavy atom. The number of nitro benzene ring substituents is 1. The smallest absolute Gasteiger partial charge is 0.290 e. The molecule has 7 heteroatoms. The van der Waals surface area contributed by atoms with Gasteiger partial charge in [-0.2, -0.15) is 0 Å². The van der Waals surface area contributed by atoms with Gasteiger partial charge in [-0.05, 0) is 6.07 Å². The lowest BCUT2D eigenvalue weighted by Crippen LogP contribution is -2.05. The molecule has 0 fully saturated rings. The summed E-state index contributed by atoms with van der Waals surface area (Å²) >= 11 is 5.66. The van der Waals surface area contributed by atoms with Gasteiger partial charge in [0.1, 0.15) is 5.02 Å². The number of halogens is 1. The zero-order chi connectivity index (χ0) is 11.0. The van der Waals surface area contributed by atoms with E-state index < -0.39 is 10.5 Å². The second-order valence-corrected chi connectivity index (χ2v) is 3.23.